The molecule has 0 aromatic carbocycles. The molecule has 3 rings (SSSR count). The van der Waals surface area contributed by atoms with E-state index in [1.54, 1.807) is 11.3 Å². The van der Waals surface area contributed by atoms with Crippen molar-refractivity contribution in [3.05, 3.63) is 14.1 Å². The van der Waals surface area contributed by atoms with Gasteiger partial charge in [0.25, 0.3) is 0 Å². The van der Waals surface area contributed by atoms with Crippen molar-refractivity contribution in [2.75, 3.05) is 31.2 Å². The molecule has 3 heterocycles. The number of morpholine rings is 1. The molecular formula is C11H11Br2N3OS. The summed E-state index contributed by atoms with van der Waals surface area (Å²) in [5.41, 5.74) is 0.987. The van der Waals surface area contributed by atoms with Crippen LogP contribution in [0.1, 0.15) is 4.88 Å². The van der Waals surface area contributed by atoms with Crippen LogP contribution in [0.5, 0.6) is 0 Å². The lowest BCUT2D eigenvalue weighted by Crippen LogP contribution is -2.36. The van der Waals surface area contributed by atoms with Crippen LogP contribution in [0, 0.1) is 6.92 Å². The van der Waals surface area contributed by atoms with Gasteiger partial charge in [-0.3, -0.25) is 0 Å². The fraction of sp³-hybridized carbons (Fsp3) is 0.455. The maximum Gasteiger partial charge on any atom is 0.199 e. The summed E-state index contributed by atoms with van der Waals surface area (Å²) < 4.78 is 8.24. The second-order valence-corrected chi connectivity index (χ2v) is 6.79. The van der Waals surface area contributed by atoms with Gasteiger partial charge in [-0.05, 0) is 38.8 Å². The highest BCUT2D eigenvalue weighted by atomic mass is 79.9. The minimum absolute atomic E-state index is 0.634. The third-order valence-corrected chi connectivity index (χ3v) is 5.58. The summed E-state index contributed by atoms with van der Waals surface area (Å²) in [6, 6.07) is 0. The van der Waals surface area contributed by atoms with Gasteiger partial charge in [-0.2, -0.15) is 0 Å². The normalized spacial score (nSPS) is 16.5. The van der Waals surface area contributed by atoms with Crippen LogP contribution in [0.15, 0.2) is 9.21 Å². The van der Waals surface area contributed by atoms with Crippen LogP contribution in [-0.4, -0.2) is 36.3 Å². The number of aromatic nitrogens is 2. The largest absolute Gasteiger partial charge is 0.378 e. The second kappa shape index (κ2) is 5.03. The molecule has 18 heavy (non-hydrogen) atoms. The van der Waals surface area contributed by atoms with E-state index in [1.807, 2.05) is 0 Å². The molecule has 0 atom stereocenters. The number of fused-ring (bicyclic) bond motifs is 1. The van der Waals surface area contributed by atoms with Crippen molar-refractivity contribution in [1.82, 2.24) is 9.97 Å². The molecule has 0 bridgehead atoms. The molecule has 2 aromatic rings. The highest BCUT2D eigenvalue weighted by molar-refractivity contribution is 9.11. The van der Waals surface area contributed by atoms with E-state index in [0.29, 0.717) is 4.73 Å². The molecule has 0 aliphatic carbocycles. The molecule has 1 saturated heterocycles. The molecule has 2 aromatic heterocycles. The van der Waals surface area contributed by atoms with E-state index >= 15 is 0 Å². The highest BCUT2D eigenvalue weighted by Crippen LogP contribution is 2.39. The summed E-state index contributed by atoms with van der Waals surface area (Å²) in [7, 11) is 0. The van der Waals surface area contributed by atoms with E-state index in [4.69, 9.17) is 4.74 Å². The minimum atomic E-state index is 0.634. The van der Waals surface area contributed by atoms with E-state index in [-0.39, 0.29) is 0 Å². The third kappa shape index (κ3) is 2.17. The number of ether oxygens (including phenoxy) is 1. The Morgan fingerprint density at radius 3 is 2.67 bits per heavy atom. The molecule has 7 heteroatoms. The first kappa shape index (κ1) is 12.8. The molecule has 0 radical (unpaired) electrons. The van der Waals surface area contributed by atoms with Gasteiger partial charge in [0.2, 0.25) is 0 Å². The SMILES string of the molecule is Cc1sc2c(N3CCOCC3)nc(Br)nc2c1Br. The zero-order valence-corrected chi connectivity index (χ0v) is 13.7. The predicted molar refractivity (Wildman–Crippen MR) is 80.6 cm³/mol. The molecule has 0 saturated carbocycles. The van der Waals surface area contributed by atoms with Crippen molar-refractivity contribution in [3.63, 3.8) is 0 Å². The minimum Gasteiger partial charge on any atom is -0.378 e. The lowest BCUT2D eigenvalue weighted by atomic mass is 10.3. The lowest BCUT2D eigenvalue weighted by Gasteiger charge is -2.28. The van der Waals surface area contributed by atoms with Crippen molar-refractivity contribution in [2.45, 2.75) is 6.92 Å². The monoisotopic (exact) mass is 391 g/mol. The molecule has 1 aliphatic rings. The second-order valence-electron chi connectivity index (χ2n) is 4.07. The Balaban J connectivity index is 2.17. The zero-order chi connectivity index (χ0) is 12.7. The Morgan fingerprint density at radius 1 is 1.22 bits per heavy atom. The quantitative estimate of drug-likeness (QED) is 0.697. The number of hydrogen-bond acceptors (Lipinski definition) is 5. The number of aryl methyl sites for hydroxylation is 1. The van der Waals surface area contributed by atoms with Crippen molar-refractivity contribution >= 4 is 59.2 Å². The van der Waals surface area contributed by atoms with Gasteiger partial charge >= 0.3 is 0 Å². The molecule has 1 fully saturated rings. The first-order chi connectivity index (χ1) is 8.66. The average molecular weight is 393 g/mol. The summed E-state index contributed by atoms with van der Waals surface area (Å²) in [5, 5.41) is 0. The van der Waals surface area contributed by atoms with Crippen molar-refractivity contribution in [1.29, 1.82) is 0 Å². The number of thiophene rings is 1. The van der Waals surface area contributed by atoms with Crippen LogP contribution >= 0.6 is 43.2 Å². The number of hydrogen-bond donors (Lipinski definition) is 0. The Hall–Kier alpha value is -0.240. The van der Waals surface area contributed by atoms with Crippen molar-refractivity contribution < 1.29 is 4.74 Å². The van der Waals surface area contributed by atoms with Crippen LogP contribution in [0.2, 0.25) is 0 Å². The van der Waals surface area contributed by atoms with Gasteiger partial charge in [-0.1, -0.05) is 0 Å². The Labute approximate surface area is 126 Å². The fourth-order valence-corrected chi connectivity index (χ4v) is 4.02. The maximum atomic E-state index is 5.39. The maximum absolute atomic E-state index is 5.39. The first-order valence-corrected chi connectivity index (χ1v) is 8.02. The Bertz CT molecular complexity index is 595. The molecule has 0 N–H and O–H groups in total. The van der Waals surface area contributed by atoms with Crippen molar-refractivity contribution in [3.8, 4) is 0 Å². The number of halogens is 2. The first-order valence-electron chi connectivity index (χ1n) is 5.61. The summed E-state index contributed by atoms with van der Waals surface area (Å²) in [5.74, 6) is 1.01. The number of rotatable bonds is 1. The fourth-order valence-electron chi connectivity index (χ4n) is 2.01. The van der Waals surface area contributed by atoms with Gasteiger partial charge in [0.05, 0.1) is 22.4 Å². The standard InChI is InChI=1S/C11H11Br2N3OS/c1-6-7(12)8-9(18-6)10(15-11(13)14-8)16-2-4-17-5-3-16/h2-5H2,1H3. The van der Waals surface area contributed by atoms with Gasteiger partial charge in [-0.15, -0.1) is 11.3 Å². The number of nitrogens with zero attached hydrogens (tertiary/aromatic N) is 3. The predicted octanol–water partition coefficient (Wildman–Crippen LogP) is 3.36. The van der Waals surface area contributed by atoms with Crippen LogP contribution in [0.3, 0.4) is 0 Å². The van der Waals surface area contributed by atoms with Crippen LogP contribution in [0.4, 0.5) is 5.82 Å². The average Bonchev–Trinajstić information content (AvgIpc) is 2.66. The van der Waals surface area contributed by atoms with Crippen molar-refractivity contribution in [2.24, 2.45) is 0 Å². The molecule has 0 spiro atoms. The Kier molecular flexibility index (Phi) is 3.57. The summed E-state index contributed by atoms with van der Waals surface area (Å²) in [6.07, 6.45) is 0. The van der Waals surface area contributed by atoms with E-state index in [2.05, 4.69) is 53.7 Å². The summed E-state index contributed by atoms with van der Waals surface area (Å²) in [4.78, 5) is 12.5. The van der Waals surface area contributed by atoms with Gasteiger partial charge in [0.15, 0.2) is 10.6 Å². The molecule has 0 amide bonds. The van der Waals surface area contributed by atoms with Gasteiger partial charge in [-0.25, -0.2) is 9.97 Å². The highest BCUT2D eigenvalue weighted by Gasteiger charge is 2.20. The van der Waals surface area contributed by atoms with E-state index in [9.17, 15) is 0 Å². The molecule has 4 nitrogen and oxygen atoms in total. The lowest BCUT2D eigenvalue weighted by molar-refractivity contribution is 0.122. The van der Waals surface area contributed by atoms with E-state index in [1.165, 1.54) is 4.88 Å². The molecular weight excluding hydrogens is 382 g/mol. The van der Waals surface area contributed by atoms with Gasteiger partial charge in [0, 0.05) is 18.0 Å². The number of anilines is 1. The molecule has 1 aliphatic heterocycles. The smallest absolute Gasteiger partial charge is 0.199 e. The van der Waals surface area contributed by atoms with Gasteiger partial charge in [0.1, 0.15) is 5.52 Å². The van der Waals surface area contributed by atoms with E-state index < -0.39 is 0 Å². The van der Waals surface area contributed by atoms with Crippen LogP contribution in [-0.2, 0) is 4.74 Å². The van der Waals surface area contributed by atoms with Crippen LogP contribution in [0.25, 0.3) is 10.2 Å². The summed E-state index contributed by atoms with van der Waals surface area (Å²) >= 11 is 8.73. The third-order valence-electron chi connectivity index (χ3n) is 2.90. The van der Waals surface area contributed by atoms with E-state index in [0.717, 1.165) is 46.8 Å². The van der Waals surface area contributed by atoms with Crippen LogP contribution < -0.4 is 4.90 Å². The topological polar surface area (TPSA) is 38.2 Å². The summed E-state index contributed by atoms with van der Waals surface area (Å²) in [6.45, 7) is 5.37. The van der Waals surface area contributed by atoms with Gasteiger partial charge < -0.3 is 9.64 Å². The molecule has 0 unspecified atom stereocenters. The zero-order valence-electron chi connectivity index (χ0n) is 9.74. The molecule has 96 valence electrons. The Morgan fingerprint density at radius 2 is 1.94 bits per heavy atom.